The third kappa shape index (κ3) is 3.15. The van der Waals surface area contributed by atoms with E-state index in [4.69, 9.17) is 10.5 Å². The van der Waals surface area contributed by atoms with Crippen LogP contribution in [0.3, 0.4) is 0 Å². The molecule has 2 aromatic rings. The first-order chi connectivity index (χ1) is 12.8. The Bertz CT molecular complexity index is 941. The van der Waals surface area contributed by atoms with Crippen molar-refractivity contribution in [3.05, 3.63) is 65.5 Å². The first-order valence-corrected chi connectivity index (χ1v) is 10.3. The van der Waals surface area contributed by atoms with Gasteiger partial charge in [-0.25, -0.2) is 12.8 Å². The van der Waals surface area contributed by atoms with Crippen LogP contribution in [0, 0.1) is 18.2 Å². The number of carbonyl (C=O) groups excluding carboxylic acids is 1. The second-order valence-corrected chi connectivity index (χ2v) is 8.84. The molecular formula is C20H22FNO4S. The summed E-state index contributed by atoms with van der Waals surface area (Å²) in [6.45, 7) is 3.45. The number of aryl methyl sites for hydroxylation is 1. The fraction of sp³-hybridized carbons (Fsp3) is 0.350. The van der Waals surface area contributed by atoms with E-state index in [1.807, 2.05) is 6.92 Å². The molecule has 3 atom stereocenters. The van der Waals surface area contributed by atoms with Crippen LogP contribution in [0.1, 0.15) is 24.0 Å². The predicted octanol–water partition coefficient (Wildman–Crippen LogP) is 2.58. The summed E-state index contributed by atoms with van der Waals surface area (Å²) in [4.78, 5) is 12.8. The first-order valence-electron chi connectivity index (χ1n) is 8.72. The van der Waals surface area contributed by atoms with E-state index in [2.05, 4.69) is 0 Å². The molecule has 0 aromatic heterocycles. The van der Waals surface area contributed by atoms with Gasteiger partial charge in [-0.05, 0) is 43.7 Å². The van der Waals surface area contributed by atoms with Gasteiger partial charge in [0.05, 0.1) is 16.8 Å². The highest BCUT2D eigenvalue weighted by Crippen LogP contribution is 2.64. The molecule has 2 N–H and O–H groups in total. The van der Waals surface area contributed by atoms with Gasteiger partial charge >= 0.3 is 5.97 Å². The summed E-state index contributed by atoms with van der Waals surface area (Å²) in [5.41, 5.74) is 6.01. The minimum atomic E-state index is -3.85. The standard InChI is InChI=1S/C20H22FNO4S/c1-3-26-19(23)20(12-22)17(14-6-8-15(21)9-7-14)18(20)27(24,25)16-10-4-13(2)5-11-16/h4-11,17-18H,3,12,22H2,1-2H3/t17-,18+,20-/m1/s1. The molecule has 5 nitrogen and oxygen atoms in total. The second-order valence-electron chi connectivity index (χ2n) is 6.77. The second kappa shape index (κ2) is 7.05. The van der Waals surface area contributed by atoms with Crippen molar-refractivity contribution in [3.63, 3.8) is 0 Å². The van der Waals surface area contributed by atoms with Gasteiger partial charge in [0.25, 0.3) is 0 Å². The summed E-state index contributed by atoms with van der Waals surface area (Å²) in [6.07, 6.45) is 0. The molecule has 0 saturated heterocycles. The van der Waals surface area contributed by atoms with Crippen molar-refractivity contribution in [3.8, 4) is 0 Å². The molecule has 144 valence electrons. The van der Waals surface area contributed by atoms with E-state index in [9.17, 15) is 17.6 Å². The Hall–Kier alpha value is -2.25. The molecule has 3 rings (SSSR count). The molecule has 2 aromatic carbocycles. The summed E-state index contributed by atoms with van der Waals surface area (Å²) in [7, 11) is -3.85. The zero-order valence-electron chi connectivity index (χ0n) is 15.2. The predicted molar refractivity (Wildman–Crippen MR) is 99.4 cm³/mol. The van der Waals surface area contributed by atoms with Crippen molar-refractivity contribution in [2.45, 2.75) is 29.9 Å². The number of nitrogens with two attached hydrogens (primary N) is 1. The van der Waals surface area contributed by atoms with Gasteiger partial charge in [-0.2, -0.15) is 0 Å². The highest BCUT2D eigenvalue weighted by atomic mass is 32.2. The van der Waals surface area contributed by atoms with Gasteiger partial charge < -0.3 is 10.5 Å². The highest BCUT2D eigenvalue weighted by Gasteiger charge is 2.75. The monoisotopic (exact) mass is 391 g/mol. The van der Waals surface area contributed by atoms with Gasteiger partial charge in [-0.3, -0.25) is 4.79 Å². The molecule has 0 spiro atoms. The number of ether oxygens (including phenoxy) is 1. The van der Waals surface area contributed by atoms with Crippen molar-refractivity contribution in [1.29, 1.82) is 0 Å². The Morgan fingerprint density at radius 2 is 1.74 bits per heavy atom. The van der Waals surface area contributed by atoms with Crippen LogP contribution in [0.5, 0.6) is 0 Å². The quantitative estimate of drug-likeness (QED) is 0.765. The van der Waals surface area contributed by atoms with E-state index in [-0.39, 0.29) is 18.0 Å². The minimum Gasteiger partial charge on any atom is -0.465 e. The van der Waals surface area contributed by atoms with E-state index in [1.165, 1.54) is 36.4 Å². The highest BCUT2D eigenvalue weighted by molar-refractivity contribution is 7.92. The molecule has 0 unspecified atom stereocenters. The Balaban J connectivity index is 2.10. The molecule has 0 radical (unpaired) electrons. The molecular weight excluding hydrogens is 369 g/mol. The van der Waals surface area contributed by atoms with Gasteiger partial charge in [0.15, 0.2) is 9.84 Å². The third-order valence-corrected chi connectivity index (χ3v) is 7.45. The van der Waals surface area contributed by atoms with Crippen molar-refractivity contribution in [2.24, 2.45) is 11.1 Å². The van der Waals surface area contributed by atoms with E-state index >= 15 is 0 Å². The maximum Gasteiger partial charge on any atom is 0.315 e. The van der Waals surface area contributed by atoms with E-state index in [0.29, 0.717) is 5.56 Å². The normalized spacial score (nSPS) is 24.4. The maximum atomic E-state index is 13.3. The number of benzene rings is 2. The Morgan fingerprint density at radius 1 is 1.15 bits per heavy atom. The van der Waals surface area contributed by atoms with Gasteiger partial charge in [0.1, 0.15) is 11.2 Å². The number of halogens is 1. The summed E-state index contributed by atoms with van der Waals surface area (Å²) in [5, 5.41) is -1.05. The minimum absolute atomic E-state index is 0.119. The Morgan fingerprint density at radius 3 is 2.26 bits per heavy atom. The van der Waals surface area contributed by atoms with E-state index < -0.39 is 38.2 Å². The van der Waals surface area contributed by atoms with Crippen LogP contribution < -0.4 is 5.73 Å². The molecule has 27 heavy (non-hydrogen) atoms. The van der Waals surface area contributed by atoms with Crippen molar-refractivity contribution >= 4 is 15.8 Å². The zero-order chi connectivity index (χ0) is 19.8. The SMILES string of the molecule is CCOC(=O)[C@]1(CN)[C@H](c2ccc(F)cc2)[C@@H]1S(=O)(=O)c1ccc(C)cc1. The van der Waals surface area contributed by atoms with Crippen LogP contribution >= 0.6 is 0 Å². The van der Waals surface area contributed by atoms with Crippen molar-refractivity contribution < 1.29 is 22.3 Å². The fourth-order valence-electron chi connectivity index (χ4n) is 3.71. The third-order valence-electron chi connectivity index (χ3n) is 5.16. The molecule has 1 saturated carbocycles. The maximum absolute atomic E-state index is 13.3. The van der Waals surface area contributed by atoms with Crippen molar-refractivity contribution in [2.75, 3.05) is 13.2 Å². The number of rotatable bonds is 6. The van der Waals surface area contributed by atoms with Crippen LogP contribution in [0.2, 0.25) is 0 Å². The van der Waals surface area contributed by atoms with Crippen LogP contribution in [0.25, 0.3) is 0 Å². The lowest BCUT2D eigenvalue weighted by Gasteiger charge is -2.14. The van der Waals surface area contributed by atoms with Crippen LogP contribution in [-0.2, 0) is 19.4 Å². The Labute approximate surface area is 158 Å². The fourth-order valence-corrected chi connectivity index (χ4v) is 6.09. The number of sulfone groups is 1. The number of esters is 1. The largest absolute Gasteiger partial charge is 0.465 e. The van der Waals surface area contributed by atoms with E-state index in [1.54, 1.807) is 19.1 Å². The number of hydrogen-bond donors (Lipinski definition) is 1. The first kappa shape index (κ1) is 19.5. The summed E-state index contributed by atoms with van der Waals surface area (Å²) in [5.74, 6) is -1.76. The average molecular weight is 391 g/mol. The Kier molecular flexibility index (Phi) is 5.10. The molecule has 0 bridgehead atoms. The molecule has 1 aliphatic carbocycles. The molecule has 1 aliphatic rings. The lowest BCUT2D eigenvalue weighted by Crippen LogP contribution is -2.33. The lowest BCUT2D eigenvalue weighted by molar-refractivity contribution is -0.149. The van der Waals surface area contributed by atoms with E-state index in [0.717, 1.165) is 5.56 Å². The smallest absolute Gasteiger partial charge is 0.315 e. The summed E-state index contributed by atoms with van der Waals surface area (Å²) in [6, 6.07) is 11.9. The molecule has 7 heteroatoms. The summed E-state index contributed by atoms with van der Waals surface area (Å²) < 4.78 is 45.1. The molecule has 0 aliphatic heterocycles. The lowest BCUT2D eigenvalue weighted by atomic mass is 9.99. The van der Waals surface area contributed by atoms with Gasteiger partial charge in [0.2, 0.25) is 0 Å². The zero-order valence-corrected chi connectivity index (χ0v) is 16.0. The molecule has 0 amide bonds. The van der Waals surface area contributed by atoms with Crippen LogP contribution in [-0.4, -0.2) is 32.8 Å². The van der Waals surface area contributed by atoms with Crippen LogP contribution in [0.15, 0.2) is 53.4 Å². The topological polar surface area (TPSA) is 86.5 Å². The summed E-state index contributed by atoms with van der Waals surface area (Å²) >= 11 is 0. The number of carbonyl (C=O) groups is 1. The molecule has 0 heterocycles. The van der Waals surface area contributed by atoms with Gasteiger partial charge in [-0.15, -0.1) is 0 Å². The van der Waals surface area contributed by atoms with Crippen LogP contribution in [0.4, 0.5) is 4.39 Å². The average Bonchev–Trinajstić information content (AvgIpc) is 3.34. The number of hydrogen-bond acceptors (Lipinski definition) is 5. The van der Waals surface area contributed by atoms with Gasteiger partial charge in [0, 0.05) is 12.5 Å². The van der Waals surface area contributed by atoms with Crippen molar-refractivity contribution in [1.82, 2.24) is 0 Å². The molecule has 1 fully saturated rings. The van der Waals surface area contributed by atoms with Gasteiger partial charge in [-0.1, -0.05) is 29.8 Å².